The number of rotatable bonds is 3. The first kappa shape index (κ1) is 17.7. The summed E-state index contributed by atoms with van der Waals surface area (Å²) < 4.78 is 10.5. The number of ether oxygens (including phenoxy) is 2. The van der Waals surface area contributed by atoms with Crippen molar-refractivity contribution in [2.75, 3.05) is 7.11 Å². The number of benzene rings is 1. The number of hydrogen-bond donors (Lipinski definition) is 1. The molecule has 3 rings (SSSR count). The molecular formula is C20H20N2O4. The highest BCUT2D eigenvalue weighted by Gasteiger charge is 2.36. The van der Waals surface area contributed by atoms with Gasteiger partial charge in [-0.1, -0.05) is 6.07 Å². The molecule has 1 heterocycles. The zero-order valence-corrected chi connectivity index (χ0v) is 15.0. The van der Waals surface area contributed by atoms with E-state index in [4.69, 9.17) is 9.47 Å². The maximum atomic E-state index is 12.6. The Labute approximate surface area is 152 Å². The molecule has 1 aromatic carbocycles. The van der Waals surface area contributed by atoms with Gasteiger partial charge in [-0.2, -0.15) is 5.26 Å². The summed E-state index contributed by atoms with van der Waals surface area (Å²) in [4.78, 5) is 23.9. The highest BCUT2D eigenvalue weighted by molar-refractivity contribution is 5.99. The van der Waals surface area contributed by atoms with Gasteiger partial charge in [0.1, 0.15) is 0 Å². The molecule has 1 aliphatic carbocycles. The molecule has 0 radical (unpaired) electrons. The fourth-order valence-electron chi connectivity index (χ4n) is 3.57. The van der Waals surface area contributed by atoms with E-state index >= 15 is 0 Å². The number of nitrogens with one attached hydrogen (secondary N) is 1. The largest absolute Gasteiger partial charge is 0.493 e. The van der Waals surface area contributed by atoms with E-state index < -0.39 is 11.9 Å². The van der Waals surface area contributed by atoms with Crippen LogP contribution in [0.15, 0.2) is 40.7 Å². The SMILES string of the molecule is COc1cc([C@@H]2C(C#N)=C(C)NC3=C2C(=O)CCC3)ccc1OC(C)=O. The van der Waals surface area contributed by atoms with Crippen LogP contribution >= 0.6 is 0 Å². The van der Waals surface area contributed by atoms with E-state index in [1.165, 1.54) is 14.0 Å². The van der Waals surface area contributed by atoms with Gasteiger partial charge in [-0.25, -0.2) is 0 Å². The first-order chi connectivity index (χ1) is 12.5. The van der Waals surface area contributed by atoms with Crippen LogP contribution in [0.4, 0.5) is 0 Å². The summed E-state index contributed by atoms with van der Waals surface area (Å²) in [6, 6.07) is 7.38. The lowest BCUT2D eigenvalue weighted by Gasteiger charge is -2.32. The Hall–Kier alpha value is -3.07. The van der Waals surface area contributed by atoms with Gasteiger partial charge in [0.2, 0.25) is 0 Å². The number of dihydropyridines is 1. The lowest BCUT2D eigenvalue weighted by Crippen LogP contribution is -2.31. The maximum absolute atomic E-state index is 12.6. The number of esters is 1. The number of nitrogens with zero attached hydrogens (tertiary/aromatic N) is 1. The van der Waals surface area contributed by atoms with Crippen LogP contribution in [-0.4, -0.2) is 18.9 Å². The van der Waals surface area contributed by atoms with Gasteiger partial charge in [-0.3, -0.25) is 9.59 Å². The normalized spacial score (nSPS) is 19.5. The topological polar surface area (TPSA) is 88.4 Å². The first-order valence-electron chi connectivity index (χ1n) is 8.46. The van der Waals surface area contributed by atoms with E-state index in [0.717, 1.165) is 29.8 Å². The van der Waals surface area contributed by atoms with E-state index in [1.54, 1.807) is 18.2 Å². The number of carbonyl (C=O) groups excluding carboxylic acids is 2. The van der Waals surface area contributed by atoms with Crippen LogP contribution < -0.4 is 14.8 Å². The number of nitriles is 1. The number of hydrogen-bond acceptors (Lipinski definition) is 6. The monoisotopic (exact) mass is 352 g/mol. The molecule has 26 heavy (non-hydrogen) atoms. The molecule has 0 fully saturated rings. The molecule has 0 unspecified atom stereocenters. The molecule has 1 N–H and O–H groups in total. The van der Waals surface area contributed by atoms with Gasteiger partial charge in [0.25, 0.3) is 0 Å². The van der Waals surface area contributed by atoms with Crippen molar-refractivity contribution < 1.29 is 19.1 Å². The van der Waals surface area contributed by atoms with E-state index in [9.17, 15) is 14.9 Å². The predicted octanol–water partition coefficient (Wildman–Crippen LogP) is 3.11. The Morgan fingerprint density at radius 2 is 2.08 bits per heavy atom. The van der Waals surface area contributed by atoms with Crippen LogP contribution in [0.5, 0.6) is 11.5 Å². The molecule has 134 valence electrons. The van der Waals surface area contributed by atoms with Crippen molar-refractivity contribution in [3.05, 3.63) is 46.3 Å². The lowest BCUT2D eigenvalue weighted by molar-refractivity contribution is -0.132. The Morgan fingerprint density at radius 3 is 2.73 bits per heavy atom. The van der Waals surface area contributed by atoms with Gasteiger partial charge in [-0.15, -0.1) is 0 Å². The Morgan fingerprint density at radius 1 is 1.31 bits per heavy atom. The summed E-state index contributed by atoms with van der Waals surface area (Å²) in [7, 11) is 1.48. The second kappa shape index (κ2) is 7.04. The van der Waals surface area contributed by atoms with Crippen molar-refractivity contribution in [3.63, 3.8) is 0 Å². The van der Waals surface area contributed by atoms with E-state index in [2.05, 4.69) is 11.4 Å². The van der Waals surface area contributed by atoms with Gasteiger partial charge in [0, 0.05) is 30.3 Å². The molecule has 1 aromatic rings. The number of carbonyl (C=O) groups is 2. The van der Waals surface area contributed by atoms with Gasteiger partial charge in [-0.05, 0) is 37.5 Å². The molecule has 1 aliphatic heterocycles. The maximum Gasteiger partial charge on any atom is 0.308 e. The molecule has 0 spiro atoms. The van der Waals surface area contributed by atoms with E-state index in [-0.39, 0.29) is 5.78 Å². The predicted molar refractivity (Wildman–Crippen MR) is 94.4 cm³/mol. The van der Waals surface area contributed by atoms with E-state index in [0.29, 0.717) is 29.1 Å². The van der Waals surface area contributed by atoms with Crippen LogP contribution in [-0.2, 0) is 9.59 Å². The summed E-state index contributed by atoms with van der Waals surface area (Å²) in [5, 5.41) is 12.9. The summed E-state index contributed by atoms with van der Waals surface area (Å²) in [5.41, 5.74) is 3.58. The quantitative estimate of drug-likeness (QED) is 0.664. The fourth-order valence-corrected chi connectivity index (χ4v) is 3.57. The van der Waals surface area contributed by atoms with Crippen molar-refractivity contribution in [1.82, 2.24) is 5.32 Å². The van der Waals surface area contributed by atoms with Crippen LogP contribution in [0.2, 0.25) is 0 Å². The van der Waals surface area contributed by atoms with Crippen molar-refractivity contribution in [2.45, 2.75) is 39.0 Å². The third-order valence-corrected chi connectivity index (χ3v) is 4.67. The van der Waals surface area contributed by atoms with Crippen LogP contribution in [0.25, 0.3) is 0 Å². The van der Waals surface area contributed by atoms with Crippen LogP contribution in [0, 0.1) is 11.3 Å². The van der Waals surface area contributed by atoms with Crippen molar-refractivity contribution in [2.24, 2.45) is 0 Å². The Kier molecular flexibility index (Phi) is 4.81. The van der Waals surface area contributed by atoms with Crippen LogP contribution in [0.3, 0.4) is 0 Å². The zero-order valence-electron chi connectivity index (χ0n) is 15.0. The smallest absolute Gasteiger partial charge is 0.308 e. The molecule has 6 heteroatoms. The number of Topliss-reactive ketones (excluding diaryl/α,β-unsaturated/α-hetero) is 1. The van der Waals surface area contributed by atoms with Crippen LogP contribution in [0.1, 0.15) is 44.6 Å². The average Bonchev–Trinajstić information content (AvgIpc) is 2.60. The van der Waals surface area contributed by atoms with Crippen molar-refractivity contribution in [1.29, 1.82) is 5.26 Å². The second-order valence-electron chi connectivity index (χ2n) is 6.38. The summed E-state index contributed by atoms with van der Waals surface area (Å²) in [6.45, 7) is 3.16. The first-order valence-corrected chi connectivity index (χ1v) is 8.46. The Balaban J connectivity index is 2.13. The van der Waals surface area contributed by atoms with Gasteiger partial charge < -0.3 is 14.8 Å². The summed E-state index contributed by atoms with van der Waals surface area (Å²) in [6.07, 6.45) is 2.08. The highest BCUT2D eigenvalue weighted by Crippen LogP contribution is 2.43. The molecular weight excluding hydrogens is 332 g/mol. The molecule has 0 saturated carbocycles. The minimum absolute atomic E-state index is 0.0621. The third-order valence-electron chi connectivity index (χ3n) is 4.67. The fraction of sp³-hybridized carbons (Fsp3) is 0.350. The molecule has 0 amide bonds. The second-order valence-corrected chi connectivity index (χ2v) is 6.38. The number of ketones is 1. The lowest BCUT2D eigenvalue weighted by atomic mass is 9.75. The summed E-state index contributed by atoms with van der Waals surface area (Å²) in [5.74, 6) is -0.132. The molecule has 0 saturated heterocycles. The molecule has 6 nitrogen and oxygen atoms in total. The third kappa shape index (κ3) is 3.08. The number of allylic oxidation sites excluding steroid dienone is 4. The standard InChI is InChI=1S/C20H20N2O4/c1-11-14(10-21)19(20-15(22-11)5-4-6-16(20)24)13-7-8-17(26-12(2)23)18(9-13)25-3/h7-9,19,22H,4-6H2,1-3H3/t19-/m1/s1. The molecule has 1 atom stereocenters. The molecule has 0 bridgehead atoms. The van der Waals surface area contributed by atoms with Crippen molar-refractivity contribution >= 4 is 11.8 Å². The van der Waals surface area contributed by atoms with Crippen molar-refractivity contribution in [3.8, 4) is 17.6 Å². The minimum Gasteiger partial charge on any atom is -0.493 e. The number of methoxy groups -OCH3 is 1. The molecule has 0 aromatic heterocycles. The van der Waals surface area contributed by atoms with E-state index in [1.807, 2.05) is 6.92 Å². The summed E-state index contributed by atoms with van der Waals surface area (Å²) >= 11 is 0. The average molecular weight is 352 g/mol. The van der Waals surface area contributed by atoms with Gasteiger partial charge >= 0.3 is 5.97 Å². The highest BCUT2D eigenvalue weighted by atomic mass is 16.6. The minimum atomic E-state index is -0.446. The Bertz CT molecular complexity index is 890. The van der Waals surface area contributed by atoms with Gasteiger partial charge in [0.05, 0.1) is 24.7 Å². The van der Waals surface area contributed by atoms with Gasteiger partial charge in [0.15, 0.2) is 17.3 Å². The molecule has 2 aliphatic rings. The zero-order chi connectivity index (χ0) is 18.8.